The highest BCUT2D eigenvalue weighted by Crippen LogP contribution is 2.16. The monoisotopic (exact) mass is 314 g/mol. The molecule has 1 atom stereocenters. The first-order valence-corrected chi connectivity index (χ1v) is 8.18. The first-order valence-electron chi connectivity index (χ1n) is 6.74. The lowest BCUT2D eigenvalue weighted by atomic mass is 9.98. The Hall–Kier alpha value is -1.44. The average molecular weight is 314 g/mol. The van der Waals surface area contributed by atoms with Crippen LogP contribution in [0.15, 0.2) is 30.3 Å². The van der Waals surface area contributed by atoms with Crippen molar-refractivity contribution in [1.82, 2.24) is 9.03 Å². The molecule has 2 N–H and O–H groups in total. The van der Waals surface area contributed by atoms with Gasteiger partial charge in [-0.3, -0.25) is 4.79 Å². The van der Waals surface area contributed by atoms with Gasteiger partial charge in [0.1, 0.15) is 5.54 Å². The minimum Gasteiger partial charge on any atom is -0.480 e. The number of nitrogens with one attached hydrogen (secondary N) is 1. The summed E-state index contributed by atoms with van der Waals surface area (Å²) in [4.78, 5) is 11.3. The molecule has 0 aliphatic carbocycles. The number of aliphatic carboxylic acids is 1. The maximum atomic E-state index is 12.3. The molecule has 0 fully saturated rings. The van der Waals surface area contributed by atoms with E-state index in [-0.39, 0.29) is 13.0 Å². The molecule has 0 radical (unpaired) electrons. The Morgan fingerprint density at radius 3 is 2.38 bits per heavy atom. The van der Waals surface area contributed by atoms with Crippen molar-refractivity contribution in [2.75, 3.05) is 7.05 Å². The van der Waals surface area contributed by atoms with Crippen LogP contribution in [0.2, 0.25) is 0 Å². The van der Waals surface area contributed by atoms with Crippen LogP contribution >= 0.6 is 0 Å². The van der Waals surface area contributed by atoms with Gasteiger partial charge >= 0.3 is 5.97 Å². The van der Waals surface area contributed by atoms with Crippen molar-refractivity contribution in [1.29, 1.82) is 0 Å². The van der Waals surface area contributed by atoms with Gasteiger partial charge in [-0.2, -0.15) is 17.4 Å². The van der Waals surface area contributed by atoms with Crippen molar-refractivity contribution in [2.45, 2.75) is 38.8 Å². The van der Waals surface area contributed by atoms with Crippen LogP contribution in [0.3, 0.4) is 0 Å². The van der Waals surface area contributed by atoms with Gasteiger partial charge in [0.25, 0.3) is 10.2 Å². The normalized spacial score (nSPS) is 14.9. The summed E-state index contributed by atoms with van der Waals surface area (Å²) < 4.78 is 28.0. The van der Waals surface area contributed by atoms with Gasteiger partial charge in [0.05, 0.1) is 0 Å². The molecule has 1 rings (SSSR count). The number of carboxylic acids is 1. The Morgan fingerprint density at radius 2 is 1.90 bits per heavy atom. The minimum absolute atomic E-state index is 0.179. The highest BCUT2D eigenvalue weighted by Gasteiger charge is 2.37. The molecule has 1 aromatic carbocycles. The van der Waals surface area contributed by atoms with E-state index in [4.69, 9.17) is 0 Å². The lowest BCUT2D eigenvalue weighted by Gasteiger charge is -2.28. The van der Waals surface area contributed by atoms with Gasteiger partial charge in [-0.05, 0) is 18.9 Å². The van der Waals surface area contributed by atoms with Crippen LogP contribution in [0.4, 0.5) is 0 Å². The van der Waals surface area contributed by atoms with Crippen LogP contribution in [0.25, 0.3) is 0 Å². The van der Waals surface area contributed by atoms with Gasteiger partial charge in [0, 0.05) is 13.6 Å². The number of carboxylic acid groups (broad SMARTS) is 1. The summed E-state index contributed by atoms with van der Waals surface area (Å²) in [6.45, 7) is 3.37. The zero-order chi connectivity index (χ0) is 16.1. The number of carbonyl (C=O) groups is 1. The summed E-state index contributed by atoms with van der Waals surface area (Å²) in [7, 11) is -2.46. The molecular formula is C14H22N2O4S. The van der Waals surface area contributed by atoms with Crippen LogP contribution in [0, 0.1) is 0 Å². The Labute approximate surface area is 126 Å². The van der Waals surface area contributed by atoms with Gasteiger partial charge in [-0.1, -0.05) is 43.7 Å². The second kappa shape index (κ2) is 7.02. The van der Waals surface area contributed by atoms with Crippen molar-refractivity contribution in [3.63, 3.8) is 0 Å². The smallest absolute Gasteiger partial charge is 0.324 e. The Morgan fingerprint density at radius 1 is 1.33 bits per heavy atom. The number of benzene rings is 1. The molecule has 0 amide bonds. The maximum absolute atomic E-state index is 12.3. The molecule has 0 bridgehead atoms. The van der Waals surface area contributed by atoms with Crippen molar-refractivity contribution < 1.29 is 18.3 Å². The molecule has 0 aliphatic heterocycles. The third-order valence-electron chi connectivity index (χ3n) is 3.23. The van der Waals surface area contributed by atoms with E-state index in [1.807, 2.05) is 37.3 Å². The topological polar surface area (TPSA) is 86.7 Å². The van der Waals surface area contributed by atoms with Crippen molar-refractivity contribution >= 4 is 16.2 Å². The molecule has 0 spiro atoms. The predicted octanol–water partition coefficient (Wildman–Crippen LogP) is 1.60. The second-order valence-corrected chi connectivity index (χ2v) is 7.01. The summed E-state index contributed by atoms with van der Waals surface area (Å²) >= 11 is 0. The maximum Gasteiger partial charge on any atom is 0.324 e. The van der Waals surface area contributed by atoms with E-state index in [1.165, 1.54) is 14.0 Å². The fourth-order valence-corrected chi connectivity index (χ4v) is 3.22. The third kappa shape index (κ3) is 4.80. The molecule has 1 unspecified atom stereocenters. The summed E-state index contributed by atoms with van der Waals surface area (Å²) in [6, 6.07) is 9.12. The average Bonchev–Trinajstić information content (AvgIpc) is 2.39. The lowest BCUT2D eigenvalue weighted by molar-refractivity contribution is -0.143. The molecular weight excluding hydrogens is 292 g/mol. The molecule has 118 valence electrons. The number of hydrogen-bond acceptors (Lipinski definition) is 3. The van der Waals surface area contributed by atoms with Gasteiger partial charge in [0.2, 0.25) is 0 Å². The summed E-state index contributed by atoms with van der Waals surface area (Å²) in [5.41, 5.74) is -0.670. The van der Waals surface area contributed by atoms with Crippen LogP contribution in [0.1, 0.15) is 32.3 Å². The zero-order valence-corrected chi connectivity index (χ0v) is 13.4. The number of nitrogens with zero attached hydrogens (tertiary/aromatic N) is 1. The zero-order valence-electron chi connectivity index (χ0n) is 12.5. The highest BCUT2D eigenvalue weighted by molar-refractivity contribution is 7.87. The summed E-state index contributed by atoms with van der Waals surface area (Å²) in [5, 5.41) is 9.25. The van der Waals surface area contributed by atoms with Crippen molar-refractivity contribution in [2.24, 2.45) is 0 Å². The molecule has 0 aromatic heterocycles. The molecule has 0 saturated heterocycles. The van der Waals surface area contributed by atoms with Gasteiger partial charge < -0.3 is 5.11 Å². The van der Waals surface area contributed by atoms with E-state index in [2.05, 4.69) is 4.72 Å². The predicted molar refractivity (Wildman–Crippen MR) is 80.9 cm³/mol. The van der Waals surface area contributed by atoms with Gasteiger partial charge in [0.15, 0.2) is 0 Å². The molecule has 1 aromatic rings. The van der Waals surface area contributed by atoms with Crippen LogP contribution in [0.5, 0.6) is 0 Å². The third-order valence-corrected chi connectivity index (χ3v) is 4.89. The fraction of sp³-hybridized carbons (Fsp3) is 0.500. The van der Waals surface area contributed by atoms with E-state index in [0.29, 0.717) is 6.42 Å². The summed E-state index contributed by atoms with van der Waals surface area (Å²) in [5.74, 6) is -1.18. The lowest BCUT2D eigenvalue weighted by Crippen LogP contribution is -2.55. The first kappa shape index (κ1) is 17.6. The van der Waals surface area contributed by atoms with Gasteiger partial charge in [-0.25, -0.2) is 0 Å². The summed E-state index contributed by atoms with van der Waals surface area (Å²) in [6.07, 6.45) is 0.786. The van der Waals surface area contributed by atoms with E-state index in [0.717, 1.165) is 9.87 Å². The minimum atomic E-state index is -3.88. The van der Waals surface area contributed by atoms with E-state index < -0.39 is 21.7 Å². The first-order chi connectivity index (χ1) is 9.71. The largest absolute Gasteiger partial charge is 0.480 e. The molecule has 21 heavy (non-hydrogen) atoms. The number of rotatable bonds is 8. The molecule has 0 saturated carbocycles. The quantitative estimate of drug-likeness (QED) is 0.763. The second-order valence-electron chi connectivity index (χ2n) is 5.24. The Balaban J connectivity index is 2.87. The van der Waals surface area contributed by atoms with Gasteiger partial charge in [-0.15, -0.1) is 0 Å². The standard InChI is InChI=1S/C14H22N2O4S/c1-4-10-14(2,13(17)18)15-21(19,20)16(3)11-12-8-6-5-7-9-12/h5-9,15H,4,10-11H2,1-3H3,(H,17,18). The molecule has 7 heteroatoms. The molecule has 0 aliphatic rings. The molecule has 6 nitrogen and oxygen atoms in total. The Bertz CT molecular complexity index is 574. The number of hydrogen-bond donors (Lipinski definition) is 2. The highest BCUT2D eigenvalue weighted by atomic mass is 32.2. The SMILES string of the molecule is CCCC(C)(NS(=O)(=O)N(C)Cc1ccccc1)C(=O)O. The van der Waals surface area contributed by atoms with Crippen LogP contribution in [-0.4, -0.2) is 36.4 Å². The van der Waals surface area contributed by atoms with E-state index >= 15 is 0 Å². The molecule has 0 heterocycles. The van der Waals surface area contributed by atoms with E-state index in [9.17, 15) is 18.3 Å². The fourth-order valence-electron chi connectivity index (χ4n) is 1.99. The van der Waals surface area contributed by atoms with E-state index in [1.54, 1.807) is 0 Å². The van der Waals surface area contributed by atoms with Crippen molar-refractivity contribution in [3.05, 3.63) is 35.9 Å². The van der Waals surface area contributed by atoms with Crippen molar-refractivity contribution in [3.8, 4) is 0 Å². The van der Waals surface area contributed by atoms with Crippen LogP contribution < -0.4 is 4.72 Å². The Kier molecular flexibility index (Phi) is 5.88. The van der Waals surface area contributed by atoms with Crippen LogP contribution in [-0.2, 0) is 21.5 Å².